The number of fused-ring (bicyclic) bond motifs is 1. The Balaban J connectivity index is 1.64. The van der Waals surface area contributed by atoms with E-state index in [0.717, 1.165) is 50.2 Å². The highest BCUT2D eigenvalue weighted by Gasteiger charge is 2.22. The van der Waals surface area contributed by atoms with Crippen molar-refractivity contribution in [2.24, 2.45) is 5.92 Å². The quantitative estimate of drug-likeness (QED) is 0.778. The molecule has 2 aromatic carbocycles. The molecule has 2 aromatic rings. The fourth-order valence-electron chi connectivity index (χ4n) is 4.26. The molecule has 0 saturated carbocycles. The van der Waals surface area contributed by atoms with Crippen LogP contribution in [0.4, 0.5) is 4.39 Å². The molecule has 0 bridgehead atoms. The standard InChI is InChI=1S/C22H25FO2/c1-14-10-17(25-13-16-8-9-24-12-16)11-15(2)22(14)20-6-7-21(23)19-5-3-4-18(19)20/h6-7,10-11,16H,3-5,8-9,12-13H2,1-2H3. The maximum Gasteiger partial charge on any atom is 0.126 e. The minimum Gasteiger partial charge on any atom is -0.493 e. The SMILES string of the molecule is Cc1cc(OCC2CCOC2)cc(C)c1-c1ccc(F)c2c1CCC2. The summed E-state index contributed by atoms with van der Waals surface area (Å²) in [5.74, 6) is 1.37. The minimum absolute atomic E-state index is 0.0507. The zero-order valence-electron chi connectivity index (χ0n) is 15.0. The smallest absolute Gasteiger partial charge is 0.126 e. The van der Waals surface area contributed by atoms with Gasteiger partial charge < -0.3 is 9.47 Å². The highest BCUT2D eigenvalue weighted by atomic mass is 19.1. The van der Waals surface area contributed by atoms with Gasteiger partial charge in [-0.1, -0.05) is 6.07 Å². The van der Waals surface area contributed by atoms with Gasteiger partial charge in [-0.15, -0.1) is 0 Å². The molecule has 0 spiro atoms. The summed E-state index contributed by atoms with van der Waals surface area (Å²) in [5.41, 5.74) is 6.92. The largest absolute Gasteiger partial charge is 0.493 e. The molecule has 1 aliphatic carbocycles. The fourth-order valence-corrected chi connectivity index (χ4v) is 4.26. The molecule has 2 nitrogen and oxygen atoms in total. The molecular weight excluding hydrogens is 315 g/mol. The molecule has 1 unspecified atom stereocenters. The summed E-state index contributed by atoms with van der Waals surface area (Å²) in [7, 11) is 0. The number of rotatable bonds is 4. The Labute approximate surface area is 149 Å². The van der Waals surface area contributed by atoms with Crippen LogP contribution in [-0.4, -0.2) is 19.8 Å². The van der Waals surface area contributed by atoms with Gasteiger partial charge in [0, 0.05) is 12.5 Å². The molecule has 1 aliphatic heterocycles. The lowest BCUT2D eigenvalue weighted by Gasteiger charge is -2.17. The summed E-state index contributed by atoms with van der Waals surface area (Å²) in [4.78, 5) is 0. The Kier molecular flexibility index (Phi) is 4.51. The number of benzene rings is 2. The van der Waals surface area contributed by atoms with Crippen molar-refractivity contribution in [2.75, 3.05) is 19.8 Å². The lowest BCUT2D eigenvalue weighted by molar-refractivity contribution is 0.167. The zero-order valence-corrected chi connectivity index (χ0v) is 15.0. The van der Waals surface area contributed by atoms with Gasteiger partial charge in [0.1, 0.15) is 11.6 Å². The summed E-state index contributed by atoms with van der Waals surface area (Å²) < 4.78 is 25.5. The number of halogens is 1. The predicted octanol–water partition coefficient (Wildman–Crippen LogP) is 5.01. The first-order chi connectivity index (χ1) is 12.1. The van der Waals surface area contributed by atoms with Crippen LogP contribution in [0.5, 0.6) is 5.75 Å². The molecule has 3 heteroatoms. The predicted molar refractivity (Wildman–Crippen MR) is 97.8 cm³/mol. The molecule has 25 heavy (non-hydrogen) atoms. The van der Waals surface area contributed by atoms with Crippen LogP contribution >= 0.6 is 0 Å². The average molecular weight is 340 g/mol. The number of hydrogen-bond donors (Lipinski definition) is 0. The summed E-state index contributed by atoms with van der Waals surface area (Å²) in [5, 5.41) is 0. The lowest BCUT2D eigenvalue weighted by Crippen LogP contribution is -2.11. The molecule has 1 fully saturated rings. The van der Waals surface area contributed by atoms with Crippen molar-refractivity contribution >= 4 is 0 Å². The van der Waals surface area contributed by atoms with Crippen LogP contribution in [0.25, 0.3) is 11.1 Å². The van der Waals surface area contributed by atoms with Crippen LogP contribution in [0.1, 0.15) is 35.1 Å². The summed E-state index contributed by atoms with van der Waals surface area (Å²) in [6.45, 7) is 6.61. The third-order valence-corrected chi connectivity index (χ3v) is 5.51. The summed E-state index contributed by atoms with van der Waals surface area (Å²) in [6, 6.07) is 7.81. The van der Waals surface area contributed by atoms with E-state index in [-0.39, 0.29) is 5.82 Å². The second-order valence-corrected chi connectivity index (χ2v) is 7.38. The van der Waals surface area contributed by atoms with Crippen molar-refractivity contribution in [3.05, 3.63) is 52.3 Å². The minimum atomic E-state index is -0.0507. The maximum absolute atomic E-state index is 14.1. The third-order valence-electron chi connectivity index (χ3n) is 5.51. The molecule has 0 N–H and O–H groups in total. The van der Waals surface area contributed by atoms with Crippen molar-refractivity contribution in [1.29, 1.82) is 0 Å². The first-order valence-electron chi connectivity index (χ1n) is 9.26. The Morgan fingerprint density at radius 1 is 1.12 bits per heavy atom. The maximum atomic E-state index is 14.1. The van der Waals surface area contributed by atoms with Crippen LogP contribution in [-0.2, 0) is 17.6 Å². The van der Waals surface area contributed by atoms with Gasteiger partial charge in [-0.05, 0) is 91.1 Å². The van der Waals surface area contributed by atoms with Crippen LogP contribution in [0.2, 0.25) is 0 Å². The molecule has 4 rings (SSSR count). The van der Waals surface area contributed by atoms with E-state index in [9.17, 15) is 4.39 Å². The molecule has 0 aromatic heterocycles. The summed E-state index contributed by atoms with van der Waals surface area (Å²) >= 11 is 0. The normalized spacial score (nSPS) is 19.2. The van der Waals surface area contributed by atoms with Gasteiger partial charge in [-0.3, -0.25) is 0 Å². The van der Waals surface area contributed by atoms with E-state index in [4.69, 9.17) is 9.47 Å². The molecule has 132 valence electrons. The van der Waals surface area contributed by atoms with Gasteiger partial charge in [0.15, 0.2) is 0 Å². The monoisotopic (exact) mass is 340 g/mol. The topological polar surface area (TPSA) is 18.5 Å². The van der Waals surface area contributed by atoms with E-state index in [0.29, 0.717) is 12.5 Å². The van der Waals surface area contributed by atoms with Gasteiger partial charge in [-0.25, -0.2) is 4.39 Å². The average Bonchev–Trinajstić information content (AvgIpc) is 3.26. The number of ether oxygens (including phenoxy) is 2. The van der Waals surface area contributed by atoms with Crippen LogP contribution < -0.4 is 4.74 Å². The number of aryl methyl sites for hydroxylation is 2. The van der Waals surface area contributed by atoms with E-state index in [2.05, 4.69) is 26.0 Å². The fraction of sp³-hybridized carbons (Fsp3) is 0.455. The second kappa shape index (κ2) is 6.80. The van der Waals surface area contributed by atoms with E-state index in [1.54, 1.807) is 6.07 Å². The van der Waals surface area contributed by atoms with E-state index in [1.165, 1.54) is 27.8 Å². The first-order valence-corrected chi connectivity index (χ1v) is 9.26. The van der Waals surface area contributed by atoms with Crippen LogP contribution in [0.15, 0.2) is 24.3 Å². The van der Waals surface area contributed by atoms with Crippen molar-refractivity contribution in [3.8, 4) is 16.9 Å². The van der Waals surface area contributed by atoms with Crippen molar-refractivity contribution in [2.45, 2.75) is 39.5 Å². The lowest BCUT2D eigenvalue weighted by atomic mass is 9.90. The molecule has 1 atom stereocenters. The molecular formula is C22H25FO2. The molecule has 0 radical (unpaired) electrons. The van der Waals surface area contributed by atoms with Crippen molar-refractivity contribution < 1.29 is 13.9 Å². The Morgan fingerprint density at radius 2 is 1.88 bits per heavy atom. The second-order valence-electron chi connectivity index (χ2n) is 7.38. The van der Waals surface area contributed by atoms with E-state index >= 15 is 0 Å². The highest BCUT2D eigenvalue weighted by molar-refractivity contribution is 5.76. The van der Waals surface area contributed by atoms with Crippen molar-refractivity contribution in [1.82, 2.24) is 0 Å². The van der Waals surface area contributed by atoms with Gasteiger partial charge >= 0.3 is 0 Å². The Hall–Kier alpha value is -1.87. The Morgan fingerprint density at radius 3 is 2.60 bits per heavy atom. The van der Waals surface area contributed by atoms with Crippen LogP contribution in [0.3, 0.4) is 0 Å². The molecule has 2 aliphatic rings. The number of hydrogen-bond acceptors (Lipinski definition) is 2. The van der Waals surface area contributed by atoms with E-state index in [1.807, 2.05) is 6.07 Å². The Bertz CT molecular complexity index is 768. The zero-order chi connectivity index (χ0) is 17.4. The first kappa shape index (κ1) is 16.6. The van der Waals surface area contributed by atoms with Crippen molar-refractivity contribution in [3.63, 3.8) is 0 Å². The van der Waals surface area contributed by atoms with Gasteiger partial charge in [0.25, 0.3) is 0 Å². The van der Waals surface area contributed by atoms with E-state index < -0.39 is 0 Å². The molecule has 0 amide bonds. The summed E-state index contributed by atoms with van der Waals surface area (Å²) in [6.07, 6.45) is 3.96. The van der Waals surface area contributed by atoms with Gasteiger partial charge in [-0.2, -0.15) is 0 Å². The molecule has 1 heterocycles. The van der Waals surface area contributed by atoms with Crippen LogP contribution in [0, 0.1) is 25.6 Å². The van der Waals surface area contributed by atoms with Gasteiger partial charge in [0.2, 0.25) is 0 Å². The van der Waals surface area contributed by atoms with Gasteiger partial charge in [0.05, 0.1) is 13.2 Å². The third kappa shape index (κ3) is 3.18. The highest BCUT2D eigenvalue weighted by Crippen LogP contribution is 2.38. The molecule has 1 saturated heterocycles.